The Morgan fingerprint density at radius 3 is 3.15 bits per heavy atom. The number of nitrogens with zero attached hydrogens (tertiary/aromatic N) is 1. The molecule has 13 heavy (non-hydrogen) atoms. The molecule has 1 heterocycles. The number of amides is 1. The molecule has 2 N–H and O–H groups in total. The fraction of sp³-hybridized carbons (Fsp3) is 0.900. The van der Waals surface area contributed by atoms with E-state index >= 15 is 0 Å². The molecule has 3 nitrogen and oxygen atoms in total. The van der Waals surface area contributed by atoms with Gasteiger partial charge in [-0.3, -0.25) is 4.79 Å². The summed E-state index contributed by atoms with van der Waals surface area (Å²) in [4.78, 5) is 13.8. The number of piperidine rings is 1. The summed E-state index contributed by atoms with van der Waals surface area (Å²) in [5, 5.41) is 0. The maximum atomic E-state index is 11.7. The van der Waals surface area contributed by atoms with E-state index in [0.717, 1.165) is 18.9 Å². The van der Waals surface area contributed by atoms with Crippen LogP contribution in [0.3, 0.4) is 0 Å². The Morgan fingerprint density at radius 1 is 1.54 bits per heavy atom. The molecule has 0 spiro atoms. The van der Waals surface area contributed by atoms with Crippen LogP contribution in [0.25, 0.3) is 0 Å². The summed E-state index contributed by atoms with van der Waals surface area (Å²) in [6.45, 7) is 1.62. The monoisotopic (exact) mass is 182 g/mol. The number of carbonyl (C=O) groups is 1. The number of nitrogens with two attached hydrogens (primary N) is 1. The van der Waals surface area contributed by atoms with E-state index in [0.29, 0.717) is 24.9 Å². The molecule has 0 radical (unpaired) electrons. The second-order valence-corrected chi connectivity index (χ2v) is 4.18. The van der Waals surface area contributed by atoms with E-state index < -0.39 is 0 Å². The van der Waals surface area contributed by atoms with Gasteiger partial charge in [0.05, 0.1) is 0 Å². The summed E-state index contributed by atoms with van der Waals surface area (Å²) in [6, 6.07) is 0.610. The van der Waals surface area contributed by atoms with Gasteiger partial charge in [0.25, 0.3) is 0 Å². The zero-order valence-corrected chi connectivity index (χ0v) is 8.04. The second-order valence-electron chi connectivity index (χ2n) is 4.18. The van der Waals surface area contributed by atoms with E-state index in [2.05, 4.69) is 4.90 Å². The molecule has 74 valence electrons. The molecule has 2 atom stereocenters. The van der Waals surface area contributed by atoms with Gasteiger partial charge in [-0.15, -0.1) is 0 Å². The maximum Gasteiger partial charge on any atom is 0.222 e. The third-order valence-corrected chi connectivity index (χ3v) is 3.17. The SMILES string of the molecule is NCCCC(=O)N1CCCC2CC21. The number of likely N-dealkylation sites (tertiary alicyclic amines) is 1. The summed E-state index contributed by atoms with van der Waals surface area (Å²) in [5.74, 6) is 1.17. The molecular formula is C10H18N2O. The summed E-state index contributed by atoms with van der Waals surface area (Å²) >= 11 is 0. The Hall–Kier alpha value is -0.570. The Balaban J connectivity index is 1.82. The van der Waals surface area contributed by atoms with Crippen molar-refractivity contribution in [1.29, 1.82) is 0 Å². The van der Waals surface area contributed by atoms with Gasteiger partial charge in [-0.1, -0.05) is 0 Å². The standard InChI is InChI=1S/C10H18N2O/c11-5-1-4-10(13)12-6-2-3-8-7-9(8)12/h8-9H,1-7,11H2. The highest BCUT2D eigenvalue weighted by molar-refractivity contribution is 5.77. The molecular weight excluding hydrogens is 164 g/mol. The van der Waals surface area contributed by atoms with Crippen LogP contribution in [0.15, 0.2) is 0 Å². The minimum absolute atomic E-state index is 0.331. The van der Waals surface area contributed by atoms with Crippen molar-refractivity contribution in [3.63, 3.8) is 0 Å². The molecule has 0 aromatic carbocycles. The Kier molecular flexibility index (Phi) is 2.54. The molecule has 2 fully saturated rings. The predicted molar refractivity (Wildman–Crippen MR) is 51.1 cm³/mol. The molecule has 2 unspecified atom stereocenters. The number of hydrogen-bond acceptors (Lipinski definition) is 2. The van der Waals surface area contributed by atoms with Crippen LogP contribution in [0.5, 0.6) is 0 Å². The minimum atomic E-state index is 0.331. The van der Waals surface area contributed by atoms with E-state index in [1.807, 2.05) is 0 Å². The molecule has 1 aliphatic heterocycles. The molecule has 2 rings (SSSR count). The highest BCUT2D eigenvalue weighted by Gasteiger charge is 2.45. The third-order valence-electron chi connectivity index (χ3n) is 3.17. The van der Waals surface area contributed by atoms with E-state index in [1.54, 1.807) is 0 Å². The second kappa shape index (κ2) is 3.66. The lowest BCUT2D eigenvalue weighted by Crippen LogP contribution is -2.37. The van der Waals surface area contributed by atoms with Crippen LogP contribution in [0, 0.1) is 5.92 Å². The average Bonchev–Trinajstić information content (AvgIpc) is 2.92. The van der Waals surface area contributed by atoms with Crippen molar-refractivity contribution in [1.82, 2.24) is 4.90 Å². The van der Waals surface area contributed by atoms with Crippen molar-refractivity contribution < 1.29 is 4.79 Å². The Labute approximate surface area is 79.3 Å². The fourth-order valence-corrected chi connectivity index (χ4v) is 2.32. The molecule has 1 amide bonds. The summed E-state index contributed by atoms with van der Waals surface area (Å²) < 4.78 is 0. The zero-order valence-electron chi connectivity index (χ0n) is 8.04. The lowest BCUT2D eigenvalue weighted by atomic mass is 10.1. The predicted octanol–water partition coefficient (Wildman–Crippen LogP) is 0.736. The quantitative estimate of drug-likeness (QED) is 0.699. The van der Waals surface area contributed by atoms with Crippen LogP contribution in [-0.4, -0.2) is 29.9 Å². The smallest absolute Gasteiger partial charge is 0.222 e. The van der Waals surface area contributed by atoms with Crippen LogP contribution < -0.4 is 5.73 Å². The van der Waals surface area contributed by atoms with E-state index in [-0.39, 0.29) is 0 Å². The van der Waals surface area contributed by atoms with Gasteiger partial charge in [0.1, 0.15) is 0 Å². The van der Waals surface area contributed by atoms with Crippen molar-refractivity contribution in [3.05, 3.63) is 0 Å². The third kappa shape index (κ3) is 1.85. The van der Waals surface area contributed by atoms with Gasteiger partial charge in [0, 0.05) is 19.0 Å². The van der Waals surface area contributed by atoms with Gasteiger partial charge >= 0.3 is 0 Å². The summed E-state index contributed by atoms with van der Waals surface area (Å²) in [5.41, 5.74) is 5.38. The highest BCUT2D eigenvalue weighted by atomic mass is 16.2. The van der Waals surface area contributed by atoms with E-state index in [4.69, 9.17) is 5.73 Å². The van der Waals surface area contributed by atoms with Gasteiger partial charge in [0.15, 0.2) is 0 Å². The fourth-order valence-electron chi connectivity index (χ4n) is 2.32. The topological polar surface area (TPSA) is 46.3 Å². The van der Waals surface area contributed by atoms with Crippen LogP contribution in [-0.2, 0) is 4.79 Å². The van der Waals surface area contributed by atoms with Gasteiger partial charge in [0.2, 0.25) is 5.91 Å². The summed E-state index contributed by atoms with van der Waals surface area (Å²) in [6.07, 6.45) is 5.29. The number of rotatable bonds is 3. The molecule has 1 saturated carbocycles. The first-order valence-corrected chi connectivity index (χ1v) is 5.32. The molecule has 0 aromatic heterocycles. The summed E-state index contributed by atoms with van der Waals surface area (Å²) in [7, 11) is 0. The lowest BCUT2D eigenvalue weighted by Gasteiger charge is -2.26. The van der Waals surface area contributed by atoms with Gasteiger partial charge in [-0.2, -0.15) is 0 Å². The van der Waals surface area contributed by atoms with Crippen molar-refractivity contribution in [3.8, 4) is 0 Å². The van der Waals surface area contributed by atoms with Crippen LogP contribution in [0.1, 0.15) is 32.1 Å². The zero-order chi connectivity index (χ0) is 9.26. The largest absolute Gasteiger partial charge is 0.339 e. The average molecular weight is 182 g/mol. The molecule has 0 aromatic rings. The van der Waals surface area contributed by atoms with Crippen LogP contribution in [0.4, 0.5) is 0 Å². The van der Waals surface area contributed by atoms with Crippen molar-refractivity contribution >= 4 is 5.91 Å². The van der Waals surface area contributed by atoms with E-state index in [1.165, 1.54) is 19.3 Å². The molecule has 0 bridgehead atoms. The molecule has 1 saturated heterocycles. The lowest BCUT2D eigenvalue weighted by molar-refractivity contribution is -0.132. The van der Waals surface area contributed by atoms with Crippen molar-refractivity contribution in [2.45, 2.75) is 38.1 Å². The number of carbonyl (C=O) groups excluding carboxylic acids is 1. The van der Waals surface area contributed by atoms with E-state index in [9.17, 15) is 4.79 Å². The van der Waals surface area contributed by atoms with Gasteiger partial charge in [-0.05, 0) is 38.1 Å². The first-order valence-electron chi connectivity index (χ1n) is 5.32. The van der Waals surface area contributed by atoms with Crippen molar-refractivity contribution in [2.24, 2.45) is 11.7 Å². The Bertz CT molecular complexity index is 205. The molecule has 3 heteroatoms. The highest BCUT2D eigenvalue weighted by Crippen LogP contribution is 2.43. The number of fused-ring (bicyclic) bond motifs is 1. The van der Waals surface area contributed by atoms with Crippen LogP contribution >= 0.6 is 0 Å². The van der Waals surface area contributed by atoms with Crippen molar-refractivity contribution in [2.75, 3.05) is 13.1 Å². The van der Waals surface area contributed by atoms with Gasteiger partial charge < -0.3 is 10.6 Å². The van der Waals surface area contributed by atoms with Gasteiger partial charge in [-0.25, -0.2) is 0 Å². The maximum absolute atomic E-state index is 11.7. The minimum Gasteiger partial charge on any atom is -0.339 e. The Morgan fingerprint density at radius 2 is 2.38 bits per heavy atom. The first-order chi connectivity index (χ1) is 6.33. The normalized spacial score (nSPS) is 31.3. The van der Waals surface area contributed by atoms with Crippen LogP contribution in [0.2, 0.25) is 0 Å². The number of hydrogen-bond donors (Lipinski definition) is 1. The first kappa shape index (κ1) is 9.00. The molecule has 1 aliphatic carbocycles. The molecule has 2 aliphatic rings.